The Morgan fingerprint density at radius 3 is 2.75 bits per heavy atom. The van der Waals surface area contributed by atoms with Crippen molar-refractivity contribution in [2.45, 2.75) is 6.42 Å². The van der Waals surface area contributed by atoms with Crippen molar-refractivity contribution in [3.05, 3.63) is 22.6 Å². The van der Waals surface area contributed by atoms with Crippen LogP contribution < -0.4 is 5.32 Å². The Balaban J connectivity index is 1.81. The van der Waals surface area contributed by atoms with E-state index in [1.807, 2.05) is 0 Å². The van der Waals surface area contributed by atoms with Crippen LogP contribution in [0.1, 0.15) is 17.0 Å². The number of carbonyl (C=O) groups excluding carboxylic acids is 2. The number of likely N-dealkylation sites (tertiary alicyclic amines) is 1. The molecule has 1 aromatic rings. The van der Waals surface area contributed by atoms with Crippen LogP contribution in [0.15, 0.2) is 21.2 Å². The maximum Gasteiger partial charge on any atom is 0.308 e. The minimum absolute atomic E-state index is 0.106. The fourth-order valence-electron chi connectivity index (χ4n) is 1.98. The fourth-order valence-corrected chi connectivity index (χ4v) is 2.29. The molecule has 2 rings (SSSR count). The molecule has 0 spiro atoms. The van der Waals surface area contributed by atoms with E-state index in [9.17, 15) is 14.4 Å². The number of carbonyl (C=O) groups is 3. The highest BCUT2D eigenvalue weighted by atomic mass is 79.9. The normalized spacial score (nSPS) is 18.1. The highest BCUT2D eigenvalue weighted by Gasteiger charge is 2.30. The van der Waals surface area contributed by atoms with Crippen molar-refractivity contribution in [1.82, 2.24) is 10.2 Å². The van der Waals surface area contributed by atoms with E-state index in [-0.39, 0.29) is 24.8 Å². The summed E-state index contributed by atoms with van der Waals surface area (Å²) < 4.78 is 5.48. The second-order valence-corrected chi connectivity index (χ2v) is 5.23. The second-order valence-electron chi connectivity index (χ2n) is 4.45. The van der Waals surface area contributed by atoms with Gasteiger partial charge in [-0.25, -0.2) is 0 Å². The lowest BCUT2D eigenvalue weighted by Gasteiger charge is -2.15. The lowest BCUT2D eigenvalue weighted by Crippen LogP contribution is -2.39. The molecule has 7 nitrogen and oxygen atoms in total. The molecule has 0 aliphatic carbocycles. The predicted molar refractivity (Wildman–Crippen MR) is 71.1 cm³/mol. The second kappa shape index (κ2) is 6.08. The zero-order chi connectivity index (χ0) is 14.7. The summed E-state index contributed by atoms with van der Waals surface area (Å²) in [5, 5.41) is 11.3. The minimum Gasteiger partial charge on any atom is -0.481 e. The molecule has 0 aromatic carbocycles. The summed E-state index contributed by atoms with van der Waals surface area (Å²) in [7, 11) is 0. The summed E-state index contributed by atoms with van der Waals surface area (Å²) in [5.41, 5.74) is 0. The maximum absolute atomic E-state index is 11.8. The van der Waals surface area contributed by atoms with E-state index in [0.717, 1.165) is 0 Å². The van der Waals surface area contributed by atoms with E-state index >= 15 is 0 Å². The number of hydrogen-bond donors (Lipinski definition) is 2. The van der Waals surface area contributed by atoms with Crippen LogP contribution in [-0.2, 0) is 9.59 Å². The van der Waals surface area contributed by atoms with E-state index in [4.69, 9.17) is 9.52 Å². The Hall–Kier alpha value is -1.83. The van der Waals surface area contributed by atoms with Crippen LogP contribution in [0.5, 0.6) is 0 Å². The summed E-state index contributed by atoms with van der Waals surface area (Å²) in [5.74, 6) is -2.10. The lowest BCUT2D eigenvalue weighted by molar-refractivity contribution is -0.141. The van der Waals surface area contributed by atoms with Gasteiger partial charge in [-0.05, 0) is 34.5 Å². The number of carboxylic acid groups (broad SMARTS) is 1. The predicted octanol–water partition coefficient (Wildman–Crippen LogP) is 0.705. The molecule has 1 unspecified atom stereocenters. The van der Waals surface area contributed by atoms with Gasteiger partial charge >= 0.3 is 5.97 Å². The van der Waals surface area contributed by atoms with Crippen LogP contribution in [0.2, 0.25) is 0 Å². The third kappa shape index (κ3) is 3.38. The average Bonchev–Trinajstić information content (AvgIpc) is 3.04. The van der Waals surface area contributed by atoms with Crippen LogP contribution in [0.3, 0.4) is 0 Å². The summed E-state index contributed by atoms with van der Waals surface area (Å²) in [4.78, 5) is 35.7. The summed E-state index contributed by atoms with van der Waals surface area (Å²) in [6.07, 6.45) is 0.445. The topological polar surface area (TPSA) is 99.9 Å². The van der Waals surface area contributed by atoms with Crippen molar-refractivity contribution in [3.8, 4) is 0 Å². The quantitative estimate of drug-likeness (QED) is 0.837. The molecule has 2 N–H and O–H groups in total. The molecule has 1 aliphatic rings. The van der Waals surface area contributed by atoms with Gasteiger partial charge in [0.15, 0.2) is 10.4 Å². The standard InChI is InChI=1S/C12H13BrN2O5/c13-9-2-1-8(20-9)11(17)14-5-10(16)15-4-3-7(6-15)12(18)19/h1-2,7H,3-6H2,(H,14,17)(H,18,19). The number of halogens is 1. The van der Waals surface area contributed by atoms with Gasteiger partial charge in [-0.3, -0.25) is 14.4 Å². The Kier molecular flexibility index (Phi) is 4.43. The molecule has 8 heteroatoms. The van der Waals surface area contributed by atoms with Gasteiger partial charge in [0.05, 0.1) is 12.5 Å². The molecule has 2 heterocycles. The van der Waals surface area contributed by atoms with Crippen molar-refractivity contribution >= 4 is 33.7 Å². The molecular weight excluding hydrogens is 332 g/mol. The first-order valence-corrected chi connectivity index (χ1v) is 6.81. The number of rotatable bonds is 4. The van der Waals surface area contributed by atoms with Gasteiger partial charge in [-0.2, -0.15) is 0 Å². The van der Waals surface area contributed by atoms with Crippen LogP contribution in [0, 0.1) is 5.92 Å². The fraction of sp³-hybridized carbons (Fsp3) is 0.417. The first-order chi connectivity index (χ1) is 9.47. The van der Waals surface area contributed by atoms with E-state index in [1.165, 1.54) is 11.0 Å². The van der Waals surface area contributed by atoms with E-state index in [1.54, 1.807) is 6.07 Å². The van der Waals surface area contributed by atoms with Crippen LogP contribution in [0.4, 0.5) is 0 Å². The first-order valence-electron chi connectivity index (χ1n) is 6.01. The van der Waals surface area contributed by atoms with Crippen molar-refractivity contribution in [2.75, 3.05) is 19.6 Å². The van der Waals surface area contributed by atoms with Crippen LogP contribution in [-0.4, -0.2) is 47.4 Å². The smallest absolute Gasteiger partial charge is 0.308 e. The van der Waals surface area contributed by atoms with Gasteiger partial charge in [-0.1, -0.05) is 0 Å². The highest BCUT2D eigenvalue weighted by molar-refractivity contribution is 9.10. The number of amides is 2. The van der Waals surface area contributed by atoms with Crippen molar-refractivity contribution in [3.63, 3.8) is 0 Å². The Morgan fingerprint density at radius 2 is 2.20 bits per heavy atom. The van der Waals surface area contributed by atoms with Crippen molar-refractivity contribution in [1.29, 1.82) is 0 Å². The molecule has 0 radical (unpaired) electrons. The van der Waals surface area contributed by atoms with Gasteiger partial charge in [0, 0.05) is 13.1 Å². The van der Waals surface area contributed by atoms with Gasteiger partial charge in [0.1, 0.15) is 0 Å². The first kappa shape index (κ1) is 14.6. The molecule has 1 atom stereocenters. The van der Waals surface area contributed by atoms with Gasteiger partial charge in [0.25, 0.3) is 5.91 Å². The molecule has 0 bridgehead atoms. The number of carboxylic acids is 1. The third-order valence-electron chi connectivity index (χ3n) is 3.09. The Morgan fingerprint density at radius 1 is 1.45 bits per heavy atom. The molecule has 20 heavy (non-hydrogen) atoms. The Labute approximate surface area is 123 Å². The van der Waals surface area contributed by atoms with E-state index < -0.39 is 17.8 Å². The van der Waals surface area contributed by atoms with Crippen LogP contribution in [0.25, 0.3) is 0 Å². The number of furan rings is 1. The number of aliphatic carboxylic acids is 1. The molecular formula is C12H13BrN2O5. The summed E-state index contributed by atoms with van der Waals surface area (Å²) >= 11 is 3.08. The van der Waals surface area contributed by atoms with Gasteiger partial charge in [-0.15, -0.1) is 0 Å². The molecule has 1 aromatic heterocycles. The Bertz CT molecular complexity index is 542. The number of hydrogen-bond acceptors (Lipinski definition) is 4. The van der Waals surface area contributed by atoms with E-state index in [2.05, 4.69) is 21.2 Å². The SMILES string of the molecule is O=C(NCC(=O)N1CCC(C(=O)O)C1)c1ccc(Br)o1. The zero-order valence-electron chi connectivity index (χ0n) is 10.5. The largest absolute Gasteiger partial charge is 0.481 e. The average molecular weight is 345 g/mol. The zero-order valence-corrected chi connectivity index (χ0v) is 12.1. The molecule has 2 amide bonds. The molecule has 1 saturated heterocycles. The molecule has 1 aliphatic heterocycles. The maximum atomic E-state index is 11.8. The molecule has 0 saturated carbocycles. The van der Waals surface area contributed by atoms with E-state index in [0.29, 0.717) is 17.6 Å². The number of nitrogens with zero attached hydrogens (tertiary/aromatic N) is 1. The summed E-state index contributed by atoms with van der Waals surface area (Å²) in [6, 6.07) is 3.06. The lowest BCUT2D eigenvalue weighted by atomic mass is 10.1. The highest BCUT2D eigenvalue weighted by Crippen LogP contribution is 2.16. The summed E-state index contributed by atoms with van der Waals surface area (Å²) in [6.45, 7) is 0.414. The van der Waals surface area contributed by atoms with Crippen molar-refractivity contribution < 1.29 is 23.9 Å². The van der Waals surface area contributed by atoms with Crippen LogP contribution >= 0.6 is 15.9 Å². The third-order valence-corrected chi connectivity index (χ3v) is 3.51. The molecule has 1 fully saturated rings. The van der Waals surface area contributed by atoms with Gasteiger partial charge in [0.2, 0.25) is 5.91 Å². The monoisotopic (exact) mass is 344 g/mol. The number of nitrogens with one attached hydrogen (secondary N) is 1. The van der Waals surface area contributed by atoms with Gasteiger partial charge < -0.3 is 19.7 Å². The minimum atomic E-state index is -0.898. The van der Waals surface area contributed by atoms with Crippen molar-refractivity contribution in [2.24, 2.45) is 5.92 Å². The molecule has 108 valence electrons.